The lowest BCUT2D eigenvalue weighted by Gasteiger charge is -2.06. The highest BCUT2D eigenvalue weighted by Gasteiger charge is 2.16. The summed E-state index contributed by atoms with van der Waals surface area (Å²) in [6.07, 6.45) is 0. The largest absolute Gasteiger partial charge is 0.465 e. The van der Waals surface area contributed by atoms with Crippen LogP contribution in [0.5, 0.6) is 0 Å². The number of nitrogens with zero attached hydrogens (tertiary/aromatic N) is 1. The third kappa shape index (κ3) is 2.17. The van der Waals surface area contributed by atoms with Crippen molar-refractivity contribution in [1.82, 2.24) is 9.97 Å². The Balaban J connectivity index is 2.14. The van der Waals surface area contributed by atoms with E-state index in [0.717, 1.165) is 4.88 Å². The Hall–Kier alpha value is -1.57. The molecule has 7 heteroatoms. The van der Waals surface area contributed by atoms with Gasteiger partial charge in [0, 0.05) is 15.1 Å². The SMILES string of the molecule is COC(=O)c1c(C)[nH]c(-c2cc3sccc3s2)nc1=S. The number of esters is 1. The zero-order chi connectivity index (χ0) is 14.3. The maximum Gasteiger partial charge on any atom is 0.342 e. The van der Waals surface area contributed by atoms with Crippen molar-refractivity contribution in [2.45, 2.75) is 6.92 Å². The summed E-state index contributed by atoms with van der Waals surface area (Å²) in [5, 5.41) is 2.06. The lowest BCUT2D eigenvalue weighted by Crippen LogP contribution is -2.08. The minimum atomic E-state index is -0.463. The second kappa shape index (κ2) is 5.08. The van der Waals surface area contributed by atoms with Gasteiger partial charge in [0.25, 0.3) is 0 Å². The fourth-order valence-corrected chi connectivity index (χ4v) is 4.31. The van der Waals surface area contributed by atoms with Crippen LogP contribution in [0.3, 0.4) is 0 Å². The van der Waals surface area contributed by atoms with Crippen molar-refractivity contribution in [2.24, 2.45) is 0 Å². The van der Waals surface area contributed by atoms with Crippen LogP contribution in [-0.4, -0.2) is 23.0 Å². The van der Waals surface area contributed by atoms with Gasteiger partial charge in [-0.15, -0.1) is 22.7 Å². The van der Waals surface area contributed by atoms with E-state index in [1.165, 1.54) is 16.5 Å². The number of carbonyl (C=O) groups excluding carboxylic acids is 1. The minimum Gasteiger partial charge on any atom is -0.465 e. The van der Waals surface area contributed by atoms with Crippen LogP contribution in [0.1, 0.15) is 16.1 Å². The number of ether oxygens (including phenoxy) is 1. The summed E-state index contributed by atoms with van der Waals surface area (Å²) in [6.45, 7) is 1.79. The van der Waals surface area contributed by atoms with Gasteiger partial charge in [-0.2, -0.15) is 0 Å². The average Bonchev–Trinajstić information content (AvgIpc) is 2.98. The Kier molecular flexibility index (Phi) is 3.41. The topological polar surface area (TPSA) is 55.0 Å². The van der Waals surface area contributed by atoms with Crippen molar-refractivity contribution < 1.29 is 9.53 Å². The number of fused-ring (bicyclic) bond motifs is 1. The van der Waals surface area contributed by atoms with Crippen LogP contribution in [0.15, 0.2) is 17.5 Å². The standard InChI is InChI=1S/C13H10N2O2S3/c1-6-10(13(16)17-2)12(18)15-11(14-6)9-5-8-7(20-9)3-4-19-8/h3-5H,1-2H3,(H,14,15,18). The second-order valence-corrected chi connectivity index (χ2v) is 6.56. The molecule has 0 spiro atoms. The van der Waals surface area contributed by atoms with Crippen molar-refractivity contribution in [1.29, 1.82) is 0 Å². The van der Waals surface area contributed by atoms with Gasteiger partial charge in [-0.25, -0.2) is 9.78 Å². The van der Waals surface area contributed by atoms with Gasteiger partial charge in [-0.1, -0.05) is 12.2 Å². The van der Waals surface area contributed by atoms with Gasteiger partial charge in [-0.05, 0) is 24.4 Å². The molecule has 0 unspecified atom stereocenters. The number of hydrogen-bond donors (Lipinski definition) is 1. The summed E-state index contributed by atoms with van der Waals surface area (Å²) in [5.41, 5.74) is 0.994. The van der Waals surface area contributed by atoms with Crippen LogP contribution in [0, 0.1) is 11.6 Å². The van der Waals surface area contributed by atoms with E-state index >= 15 is 0 Å². The molecule has 0 atom stereocenters. The first kappa shape index (κ1) is 13.4. The first-order valence-electron chi connectivity index (χ1n) is 5.77. The number of aryl methyl sites for hydroxylation is 1. The first-order valence-corrected chi connectivity index (χ1v) is 7.87. The zero-order valence-corrected chi connectivity index (χ0v) is 13.2. The van der Waals surface area contributed by atoms with E-state index in [1.54, 1.807) is 29.6 Å². The summed E-state index contributed by atoms with van der Waals surface area (Å²) in [6, 6.07) is 4.16. The van der Waals surface area contributed by atoms with E-state index in [0.29, 0.717) is 17.1 Å². The molecule has 3 aromatic heterocycles. The molecular weight excluding hydrogens is 312 g/mol. The number of H-pyrrole nitrogens is 1. The fraction of sp³-hybridized carbons (Fsp3) is 0.154. The molecule has 0 aliphatic rings. The fourth-order valence-electron chi connectivity index (χ4n) is 1.93. The molecule has 0 fully saturated rings. The molecule has 0 bridgehead atoms. The van der Waals surface area contributed by atoms with E-state index in [-0.39, 0.29) is 4.64 Å². The molecule has 0 saturated heterocycles. The predicted octanol–water partition coefficient (Wildman–Crippen LogP) is 4.18. The summed E-state index contributed by atoms with van der Waals surface area (Å²) >= 11 is 8.55. The van der Waals surface area contributed by atoms with Gasteiger partial charge < -0.3 is 9.72 Å². The number of nitrogens with one attached hydrogen (secondary N) is 1. The average molecular weight is 322 g/mol. The highest BCUT2D eigenvalue weighted by Crippen LogP contribution is 2.35. The van der Waals surface area contributed by atoms with Crippen LogP contribution in [0.4, 0.5) is 0 Å². The predicted molar refractivity (Wildman–Crippen MR) is 84.2 cm³/mol. The summed E-state index contributed by atoms with van der Waals surface area (Å²) in [5.74, 6) is 0.225. The Bertz CT molecular complexity index is 831. The Morgan fingerprint density at radius 1 is 1.45 bits per heavy atom. The van der Waals surface area contributed by atoms with Gasteiger partial charge in [0.05, 0.1) is 12.0 Å². The molecule has 3 aromatic rings. The molecule has 1 N–H and O–H groups in total. The molecule has 3 rings (SSSR count). The van der Waals surface area contributed by atoms with Crippen LogP contribution in [-0.2, 0) is 4.74 Å². The summed E-state index contributed by atoms with van der Waals surface area (Å²) in [7, 11) is 1.33. The van der Waals surface area contributed by atoms with Crippen LogP contribution >= 0.6 is 34.9 Å². The maximum absolute atomic E-state index is 11.7. The molecule has 0 radical (unpaired) electrons. The zero-order valence-electron chi connectivity index (χ0n) is 10.7. The third-order valence-corrected chi connectivity index (χ3v) is 5.27. The smallest absolute Gasteiger partial charge is 0.342 e. The number of rotatable bonds is 2. The number of thiophene rings is 2. The Morgan fingerprint density at radius 3 is 2.90 bits per heavy atom. The third-order valence-electron chi connectivity index (χ3n) is 2.87. The molecule has 102 valence electrons. The Labute approximate surface area is 128 Å². The van der Waals surface area contributed by atoms with Gasteiger partial charge in [0.2, 0.25) is 0 Å². The highest BCUT2D eigenvalue weighted by molar-refractivity contribution is 7.71. The number of hydrogen-bond acceptors (Lipinski definition) is 6. The monoisotopic (exact) mass is 322 g/mol. The van der Waals surface area contributed by atoms with Crippen molar-refractivity contribution in [2.75, 3.05) is 7.11 Å². The second-order valence-electron chi connectivity index (χ2n) is 4.14. The maximum atomic E-state index is 11.7. The van der Waals surface area contributed by atoms with Crippen molar-refractivity contribution in [3.8, 4) is 10.7 Å². The molecule has 0 amide bonds. The summed E-state index contributed by atoms with van der Waals surface area (Å²) in [4.78, 5) is 20.1. The number of methoxy groups -OCH3 is 1. The molecule has 0 aromatic carbocycles. The minimum absolute atomic E-state index is 0.264. The van der Waals surface area contributed by atoms with Gasteiger partial charge in [0.15, 0.2) is 0 Å². The van der Waals surface area contributed by atoms with Gasteiger partial charge in [0.1, 0.15) is 16.0 Å². The molecule has 0 aliphatic carbocycles. The van der Waals surface area contributed by atoms with Crippen LogP contribution in [0.25, 0.3) is 20.1 Å². The van der Waals surface area contributed by atoms with Gasteiger partial charge >= 0.3 is 5.97 Å². The van der Waals surface area contributed by atoms with E-state index in [4.69, 9.17) is 17.0 Å². The summed E-state index contributed by atoms with van der Waals surface area (Å²) < 4.78 is 7.43. The quantitative estimate of drug-likeness (QED) is 0.568. The lowest BCUT2D eigenvalue weighted by molar-refractivity contribution is 0.0598. The molecule has 3 heterocycles. The normalized spacial score (nSPS) is 10.9. The first-order chi connectivity index (χ1) is 9.60. The highest BCUT2D eigenvalue weighted by atomic mass is 32.1. The number of aromatic nitrogens is 2. The van der Waals surface area contributed by atoms with E-state index < -0.39 is 5.97 Å². The Morgan fingerprint density at radius 2 is 2.25 bits per heavy atom. The van der Waals surface area contributed by atoms with E-state index in [2.05, 4.69) is 27.5 Å². The molecule has 0 saturated carbocycles. The number of aromatic amines is 1. The number of carbonyl (C=O) groups is 1. The molecule has 4 nitrogen and oxygen atoms in total. The molecule has 0 aliphatic heterocycles. The van der Waals surface area contributed by atoms with E-state index in [9.17, 15) is 4.79 Å². The molecule has 20 heavy (non-hydrogen) atoms. The van der Waals surface area contributed by atoms with Crippen molar-refractivity contribution in [3.05, 3.63) is 33.4 Å². The van der Waals surface area contributed by atoms with Crippen LogP contribution in [0.2, 0.25) is 0 Å². The van der Waals surface area contributed by atoms with Gasteiger partial charge in [-0.3, -0.25) is 0 Å². The van der Waals surface area contributed by atoms with Crippen molar-refractivity contribution in [3.63, 3.8) is 0 Å². The van der Waals surface area contributed by atoms with Crippen molar-refractivity contribution >= 4 is 50.3 Å². The molecular formula is C13H10N2O2S3. The lowest BCUT2D eigenvalue weighted by atomic mass is 10.2. The van der Waals surface area contributed by atoms with E-state index in [1.807, 2.05) is 0 Å². The van der Waals surface area contributed by atoms with Crippen LogP contribution < -0.4 is 0 Å².